The van der Waals surface area contributed by atoms with Gasteiger partial charge in [0.1, 0.15) is 17.2 Å². The van der Waals surface area contributed by atoms with Crippen LogP contribution in [0.25, 0.3) is 0 Å². The number of nitrogens with zero attached hydrogens (tertiary/aromatic N) is 3. The molecule has 6 nitrogen and oxygen atoms in total. The number of pyridine rings is 1. The second-order valence-electron chi connectivity index (χ2n) is 7.07. The first-order chi connectivity index (χ1) is 15.6. The number of carbonyl (C=O) groups is 1. The highest BCUT2D eigenvalue weighted by atomic mass is 16.3. The number of hydrogen-bond donors (Lipinski definition) is 2. The van der Waals surface area contributed by atoms with Crippen molar-refractivity contribution in [2.45, 2.75) is 6.54 Å². The van der Waals surface area contributed by atoms with Crippen molar-refractivity contribution in [1.82, 2.24) is 9.99 Å². The zero-order valence-electron chi connectivity index (χ0n) is 17.2. The van der Waals surface area contributed by atoms with Crippen LogP contribution in [0.1, 0.15) is 27.0 Å². The number of amides is 1. The highest BCUT2D eigenvalue weighted by molar-refractivity contribution is 6.16. The van der Waals surface area contributed by atoms with E-state index in [4.69, 9.17) is 0 Å². The predicted octanol–water partition coefficient (Wildman–Crippen LogP) is 4.59. The average molecular weight is 423 g/mol. The summed E-state index contributed by atoms with van der Waals surface area (Å²) in [7, 11) is 0. The molecule has 0 saturated carbocycles. The van der Waals surface area contributed by atoms with Crippen LogP contribution >= 0.6 is 0 Å². The third kappa shape index (κ3) is 4.65. The van der Waals surface area contributed by atoms with Crippen molar-refractivity contribution in [3.05, 3.63) is 126 Å². The molecule has 0 aliphatic heterocycles. The van der Waals surface area contributed by atoms with Gasteiger partial charge in [0.25, 0.3) is 5.91 Å². The number of hydrogen-bond acceptors (Lipinski definition) is 5. The predicted molar refractivity (Wildman–Crippen MR) is 122 cm³/mol. The summed E-state index contributed by atoms with van der Waals surface area (Å²) in [5, 5.41) is 27.0. The number of benzene rings is 3. The Labute approximate surface area is 185 Å². The van der Waals surface area contributed by atoms with E-state index in [9.17, 15) is 15.0 Å². The van der Waals surface area contributed by atoms with Crippen LogP contribution < -0.4 is 0 Å². The van der Waals surface area contributed by atoms with E-state index in [0.29, 0.717) is 16.7 Å². The van der Waals surface area contributed by atoms with Gasteiger partial charge in [0.2, 0.25) is 0 Å². The fourth-order valence-electron chi connectivity index (χ4n) is 3.27. The molecule has 1 heterocycles. The molecule has 0 bridgehead atoms. The first kappa shape index (κ1) is 20.8. The molecule has 0 spiro atoms. The van der Waals surface area contributed by atoms with E-state index in [2.05, 4.69) is 10.1 Å². The molecule has 158 valence electrons. The summed E-state index contributed by atoms with van der Waals surface area (Å²) in [6.07, 6.45) is 3.08. The highest BCUT2D eigenvalue weighted by Gasteiger charge is 2.21. The van der Waals surface area contributed by atoms with Crippen LogP contribution in [0.5, 0.6) is 11.5 Å². The molecule has 3 aromatic carbocycles. The van der Waals surface area contributed by atoms with Gasteiger partial charge in [0.05, 0.1) is 12.1 Å². The third-order valence-electron chi connectivity index (χ3n) is 4.86. The molecular weight excluding hydrogens is 402 g/mol. The maximum atomic E-state index is 13.4. The Hall–Kier alpha value is -4.45. The molecule has 1 aromatic heterocycles. The fraction of sp³-hybridized carbons (Fsp3) is 0.0385. The van der Waals surface area contributed by atoms with Crippen LogP contribution in [0.4, 0.5) is 0 Å². The van der Waals surface area contributed by atoms with Gasteiger partial charge in [-0.05, 0) is 42.0 Å². The highest BCUT2D eigenvalue weighted by Crippen LogP contribution is 2.27. The second kappa shape index (κ2) is 9.57. The molecule has 6 heteroatoms. The number of phenols is 2. The third-order valence-corrected chi connectivity index (χ3v) is 4.86. The van der Waals surface area contributed by atoms with Crippen LogP contribution in [0.3, 0.4) is 0 Å². The first-order valence-corrected chi connectivity index (χ1v) is 10.0. The summed E-state index contributed by atoms with van der Waals surface area (Å²) >= 11 is 0. The van der Waals surface area contributed by atoms with Gasteiger partial charge in [0.15, 0.2) is 0 Å². The number of hydrazone groups is 1. The molecule has 0 radical (unpaired) electrons. The quantitative estimate of drug-likeness (QED) is 0.351. The molecule has 32 heavy (non-hydrogen) atoms. The lowest BCUT2D eigenvalue weighted by Crippen LogP contribution is -2.27. The van der Waals surface area contributed by atoms with E-state index in [0.717, 1.165) is 5.56 Å². The average Bonchev–Trinajstić information content (AvgIpc) is 2.84. The molecule has 4 rings (SSSR count). The zero-order chi connectivity index (χ0) is 22.3. The number of para-hydroxylation sites is 2. The zero-order valence-corrected chi connectivity index (χ0v) is 17.2. The summed E-state index contributed by atoms with van der Waals surface area (Å²) in [5.41, 5.74) is 2.31. The van der Waals surface area contributed by atoms with Crippen LogP contribution in [0.2, 0.25) is 0 Å². The molecule has 4 aromatic rings. The van der Waals surface area contributed by atoms with Crippen molar-refractivity contribution in [3.8, 4) is 11.5 Å². The maximum Gasteiger partial charge on any atom is 0.275 e. The Kier molecular flexibility index (Phi) is 6.22. The molecular formula is C26H21N3O3. The monoisotopic (exact) mass is 423 g/mol. The molecule has 0 aliphatic carbocycles. The van der Waals surface area contributed by atoms with Gasteiger partial charge < -0.3 is 10.2 Å². The molecule has 0 saturated heterocycles. The van der Waals surface area contributed by atoms with Crippen LogP contribution in [-0.4, -0.2) is 31.8 Å². The maximum absolute atomic E-state index is 13.4. The minimum atomic E-state index is -0.356. The summed E-state index contributed by atoms with van der Waals surface area (Å²) in [6, 6.07) is 26.2. The minimum Gasteiger partial charge on any atom is -0.507 e. The first-order valence-electron chi connectivity index (χ1n) is 10.0. The van der Waals surface area contributed by atoms with Gasteiger partial charge in [0, 0.05) is 23.5 Å². The summed E-state index contributed by atoms with van der Waals surface area (Å²) < 4.78 is 0. The normalized spacial score (nSPS) is 10.4. The summed E-state index contributed by atoms with van der Waals surface area (Å²) in [5.74, 6) is -0.378. The topological polar surface area (TPSA) is 86.0 Å². The smallest absolute Gasteiger partial charge is 0.275 e. The van der Waals surface area contributed by atoms with E-state index in [1.54, 1.807) is 54.7 Å². The van der Waals surface area contributed by atoms with Gasteiger partial charge in [-0.1, -0.05) is 54.6 Å². The molecule has 2 N–H and O–H groups in total. The van der Waals surface area contributed by atoms with Crippen molar-refractivity contribution in [1.29, 1.82) is 0 Å². The van der Waals surface area contributed by atoms with E-state index in [1.807, 2.05) is 30.3 Å². The summed E-state index contributed by atoms with van der Waals surface area (Å²) in [6.45, 7) is 0.194. The fourth-order valence-corrected chi connectivity index (χ4v) is 3.27. The van der Waals surface area contributed by atoms with Crippen molar-refractivity contribution in [3.63, 3.8) is 0 Å². The molecule has 1 amide bonds. The lowest BCUT2D eigenvalue weighted by Gasteiger charge is -2.20. The van der Waals surface area contributed by atoms with Crippen molar-refractivity contribution < 1.29 is 15.0 Å². The molecule has 0 atom stereocenters. The van der Waals surface area contributed by atoms with Crippen LogP contribution in [0.15, 0.2) is 108 Å². The lowest BCUT2D eigenvalue weighted by molar-refractivity contribution is 0.0748. The summed E-state index contributed by atoms with van der Waals surface area (Å²) in [4.78, 5) is 17.4. The number of rotatable bonds is 6. The molecule has 0 unspecified atom stereocenters. The number of phenolic OH excluding ortho intramolecular Hbond substituents is 2. The second-order valence-corrected chi connectivity index (χ2v) is 7.07. The Bertz CT molecular complexity index is 1190. The van der Waals surface area contributed by atoms with E-state index in [1.165, 1.54) is 23.3 Å². The minimum absolute atomic E-state index is 0.0111. The number of aromatic nitrogens is 1. The van der Waals surface area contributed by atoms with Crippen molar-refractivity contribution in [2.24, 2.45) is 5.10 Å². The SMILES string of the molecule is O=C(c1cccnc1)N(Cc1ccccc1)N=C(c1ccccc1O)c1ccccc1O. The Morgan fingerprint density at radius 3 is 1.94 bits per heavy atom. The van der Waals surface area contributed by atoms with Gasteiger partial charge in [-0.25, -0.2) is 5.01 Å². The Morgan fingerprint density at radius 1 is 0.781 bits per heavy atom. The van der Waals surface area contributed by atoms with E-state index < -0.39 is 0 Å². The molecule has 0 aliphatic rings. The van der Waals surface area contributed by atoms with E-state index >= 15 is 0 Å². The van der Waals surface area contributed by atoms with Crippen molar-refractivity contribution in [2.75, 3.05) is 0 Å². The van der Waals surface area contributed by atoms with Gasteiger partial charge in [-0.2, -0.15) is 5.10 Å². The number of aromatic hydroxyl groups is 2. The van der Waals surface area contributed by atoms with E-state index in [-0.39, 0.29) is 29.7 Å². The van der Waals surface area contributed by atoms with Gasteiger partial charge in [-0.15, -0.1) is 0 Å². The lowest BCUT2D eigenvalue weighted by atomic mass is 10.0. The molecule has 0 fully saturated rings. The van der Waals surface area contributed by atoms with Crippen LogP contribution in [-0.2, 0) is 6.54 Å². The largest absolute Gasteiger partial charge is 0.507 e. The Balaban J connectivity index is 1.87. The van der Waals surface area contributed by atoms with Crippen LogP contribution in [0, 0.1) is 0 Å². The Morgan fingerprint density at radius 2 is 1.38 bits per heavy atom. The standard InChI is InChI=1S/C26H21N3O3/c30-23-14-6-4-12-21(23)25(22-13-5-7-15-24(22)31)28-29(18-19-9-2-1-3-10-19)26(32)20-11-8-16-27-17-20/h1-17,30-31H,18H2. The number of carbonyl (C=O) groups excluding carboxylic acids is 1. The van der Waals surface area contributed by atoms with Crippen molar-refractivity contribution >= 4 is 11.6 Å². The van der Waals surface area contributed by atoms with Gasteiger partial charge >= 0.3 is 0 Å². The van der Waals surface area contributed by atoms with Gasteiger partial charge in [-0.3, -0.25) is 9.78 Å².